The van der Waals surface area contributed by atoms with Crippen molar-refractivity contribution >= 4 is 38.3 Å². The fourth-order valence-electron chi connectivity index (χ4n) is 6.65. The van der Waals surface area contributed by atoms with Crippen molar-refractivity contribution in [1.29, 1.82) is 0 Å². The van der Waals surface area contributed by atoms with Gasteiger partial charge in [-0.2, -0.15) is 0 Å². The normalized spacial score (nSPS) is 17.2. The number of benzene rings is 3. The number of nitrogens with one attached hydrogen (secondary N) is 1. The molecule has 0 saturated heterocycles. The van der Waals surface area contributed by atoms with Gasteiger partial charge in [-0.25, -0.2) is 17.2 Å². The second-order valence-electron chi connectivity index (χ2n) is 11.7. The van der Waals surface area contributed by atoms with Crippen molar-refractivity contribution in [3.8, 4) is 22.6 Å². The Morgan fingerprint density at radius 2 is 1.84 bits per heavy atom. The van der Waals surface area contributed by atoms with Crippen LogP contribution in [-0.4, -0.2) is 46.2 Å². The third-order valence-electron chi connectivity index (χ3n) is 8.99. The van der Waals surface area contributed by atoms with Crippen molar-refractivity contribution in [2.75, 3.05) is 36.1 Å². The number of pyridine rings is 1. The lowest BCUT2D eigenvalue weighted by atomic mass is 9.86. The minimum Gasteiger partial charge on any atom is -0.455 e. The molecule has 2 aromatic heterocycles. The van der Waals surface area contributed by atoms with Gasteiger partial charge in [-0.3, -0.25) is 14.1 Å². The van der Waals surface area contributed by atoms with E-state index in [1.165, 1.54) is 44.4 Å². The van der Waals surface area contributed by atoms with E-state index in [0.29, 0.717) is 39.9 Å². The molecule has 1 amide bonds. The molecule has 2 aliphatic heterocycles. The van der Waals surface area contributed by atoms with Crippen LogP contribution < -0.4 is 14.5 Å². The summed E-state index contributed by atoms with van der Waals surface area (Å²) in [4.78, 5) is 20.3. The smallest absolute Gasteiger partial charge is 0.255 e. The van der Waals surface area contributed by atoms with Crippen LogP contribution in [0.1, 0.15) is 45.9 Å². The molecule has 45 heavy (non-hydrogen) atoms. The molecule has 7 rings (SSSR count). The number of nitrogens with zero attached hydrogens (tertiary/aromatic N) is 3. The third kappa shape index (κ3) is 4.64. The first-order chi connectivity index (χ1) is 21.5. The van der Waals surface area contributed by atoms with Gasteiger partial charge in [0.1, 0.15) is 23.0 Å². The van der Waals surface area contributed by atoms with Gasteiger partial charge < -0.3 is 14.6 Å². The summed E-state index contributed by atoms with van der Waals surface area (Å²) >= 11 is 0. The monoisotopic (exact) mass is 628 g/mol. The number of rotatable bonds is 5. The van der Waals surface area contributed by atoms with Crippen LogP contribution >= 0.6 is 0 Å². The van der Waals surface area contributed by atoms with Gasteiger partial charge in [0, 0.05) is 73.0 Å². The van der Waals surface area contributed by atoms with E-state index in [-0.39, 0.29) is 34.7 Å². The van der Waals surface area contributed by atoms with Crippen molar-refractivity contribution in [2.24, 2.45) is 0 Å². The highest BCUT2D eigenvalue weighted by Gasteiger charge is 2.39. The van der Waals surface area contributed by atoms with Crippen molar-refractivity contribution in [3.05, 3.63) is 101 Å². The zero-order valence-electron chi connectivity index (χ0n) is 25.1. The second kappa shape index (κ2) is 10.4. The minimum atomic E-state index is -3.72. The van der Waals surface area contributed by atoms with Crippen molar-refractivity contribution in [2.45, 2.75) is 25.3 Å². The van der Waals surface area contributed by atoms with Crippen LogP contribution in [0.15, 0.2) is 71.3 Å². The van der Waals surface area contributed by atoms with Gasteiger partial charge in [0.2, 0.25) is 10.0 Å². The fraction of sp³-hybridized carbons (Fsp3) is 0.235. The molecule has 4 heterocycles. The number of fused-ring (bicyclic) bond motifs is 6. The van der Waals surface area contributed by atoms with E-state index in [1.807, 2.05) is 18.3 Å². The average Bonchev–Trinajstić information content (AvgIpc) is 3.59. The van der Waals surface area contributed by atoms with E-state index in [2.05, 4.69) is 17.1 Å². The molecule has 8 nitrogen and oxygen atoms in total. The highest BCUT2D eigenvalue weighted by atomic mass is 32.2. The van der Waals surface area contributed by atoms with Gasteiger partial charge in [-0.1, -0.05) is 13.0 Å². The summed E-state index contributed by atoms with van der Waals surface area (Å²) < 4.78 is 61.6. The van der Waals surface area contributed by atoms with Crippen LogP contribution in [-0.2, 0) is 16.4 Å². The Kier molecular flexibility index (Phi) is 6.70. The Bertz CT molecular complexity index is 2130. The molecule has 0 fully saturated rings. The van der Waals surface area contributed by atoms with Crippen LogP contribution in [0, 0.1) is 11.6 Å². The highest BCUT2D eigenvalue weighted by Crippen LogP contribution is 2.49. The summed E-state index contributed by atoms with van der Waals surface area (Å²) in [6.07, 6.45) is 3.43. The Morgan fingerprint density at radius 3 is 2.56 bits per heavy atom. The molecule has 2 unspecified atom stereocenters. The number of halogens is 2. The molecule has 0 saturated carbocycles. The van der Waals surface area contributed by atoms with E-state index in [4.69, 9.17) is 9.40 Å². The lowest BCUT2D eigenvalue weighted by Gasteiger charge is -2.37. The topological polar surface area (TPSA) is 95.8 Å². The number of hydrogen-bond acceptors (Lipinski definition) is 6. The molecule has 2 aliphatic rings. The number of furan rings is 1. The van der Waals surface area contributed by atoms with E-state index in [9.17, 15) is 22.0 Å². The molecule has 0 spiro atoms. The Morgan fingerprint density at radius 1 is 1.09 bits per heavy atom. The van der Waals surface area contributed by atoms with Gasteiger partial charge in [0.25, 0.3) is 5.91 Å². The molecular weight excluding hydrogens is 598 g/mol. The summed E-state index contributed by atoms with van der Waals surface area (Å²) in [5.74, 6) is -0.735. The molecule has 3 aromatic carbocycles. The van der Waals surface area contributed by atoms with Crippen LogP contribution in [0.5, 0.6) is 0 Å². The quantitative estimate of drug-likeness (QED) is 0.242. The largest absolute Gasteiger partial charge is 0.455 e. The van der Waals surface area contributed by atoms with Gasteiger partial charge in [0.15, 0.2) is 0 Å². The van der Waals surface area contributed by atoms with E-state index in [0.717, 1.165) is 33.9 Å². The van der Waals surface area contributed by atoms with Crippen LogP contribution in [0.2, 0.25) is 0 Å². The van der Waals surface area contributed by atoms with Gasteiger partial charge in [-0.05, 0) is 59.7 Å². The van der Waals surface area contributed by atoms with Crippen molar-refractivity contribution in [3.63, 3.8) is 0 Å². The van der Waals surface area contributed by atoms with Crippen molar-refractivity contribution < 1.29 is 26.4 Å². The van der Waals surface area contributed by atoms with Gasteiger partial charge in [-0.15, -0.1) is 0 Å². The third-order valence-corrected chi connectivity index (χ3v) is 10.2. The van der Waals surface area contributed by atoms with Crippen molar-refractivity contribution in [1.82, 2.24) is 10.3 Å². The Hall–Kier alpha value is -4.77. The molecule has 0 bridgehead atoms. The first kappa shape index (κ1) is 29.0. The average molecular weight is 629 g/mol. The zero-order chi connectivity index (χ0) is 31.8. The highest BCUT2D eigenvalue weighted by molar-refractivity contribution is 7.92. The fourth-order valence-corrected chi connectivity index (χ4v) is 7.16. The number of amides is 1. The summed E-state index contributed by atoms with van der Waals surface area (Å²) in [6.45, 7) is 2.83. The van der Waals surface area contributed by atoms with Gasteiger partial charge in [0.05, 0.1) is 29.2 Å². The van der Waals surface area contributed by atoms with E-state index >= 15 is 0 Å². The summed E-state index contributed by atoms with van der Waals surface area (Å²) in [6, 6.07) is 15.9. The van der Waals surface area contributed by atoms with Gasteiger partial charge >= 0.3 is 0 Å². The molecule has 0 radical (unpaired) electrons. The van der Waals surface area contributed by atoms with E-state index < -0.39 is 21.7 Å². The molecule has 2 atom stereocenters. The summed E-state index contributed by atoms with van der Waals surface area (Å²) in [5, 5.41) is 3.10. The Balaban J connectivity index is 1.46. The van der Waals surface area contributed by atoms with Crippen LogP contribution in [0.4, 0.5) is 20.2 Å². The standard InChI is InChI=1S/C34H30F2N4O4S/c1-18-17-40-28-7-5-6-26(36)22(28)14-30(40)21-13-27(38-16-25(18)21)23-12-24-31(15-29(23)39(3)45(4,42)43)44-33(32(24)34(41)37-2)19-8-10-20(35)11-9-19/h5-13,15-16,18,30H,14,17H2,1-4H3,(H,37,41). The molecular formula is C34H30F2N4O4S. The number of anilines is 2. The lowest BCUT2D eigenvalue weighted by Crippen LogP contribution is -2.35. The first-order valence-electron chi connectivity index (χ1n) is 14.5. The Labute approximate surface area is 259 Å². The number of aromatic nitrogens is 1. The number of carbonyl (C=O) groups is 1. The number of hydrogen-bond donors (Lipinski definition) is 1. The molecule has 5 aromatic rings. The molecule has 1 N–H and O–H groups in total. The molecule has 11 heteroatoms. The van der Waals surface area contributed by atoms with E-state index in [1.54, 1.807) is 18.2 Å². The summed E-state index contributed by atoms with van der Waals surface area (Å²) in [7, 11) is -0.775. The SMILES string of the molecule is CNC(=O)c1c(-c2ccc(F)cc2)oc2cc(N(C)S(C)(=O)=O)c(-c3cc4c(cn3)C(C)CN3c5cccc(F)c5CC43)cc12. The summed E-state index contributed by atoms with van der Waals surface area (Å²) in [5.41, 5.74) is 5.89. The first-order valence-corrected chi connectivity index (χ1v) is 16.4. The second-order valence-corrected chi connectivity index (χ2v) is 13.7. The predicted octanol–water partition coefficient (Wildman–Crippen LogP) is 6.42. The predicted molar refractivity (Wildman–Crippen MR) is 170 cm³/mol. The maximum atomic E-state index is 14.9. The van der Waals surface area contributed by atoms with Crippen LogP contribution in [0.3, 0.4) is 0 Å². The zero-order valence-corrected chi connectivity index (χ0v) is 25.9. The number of carbonyl (C=O) groups excluding carboxylic acids is 1. The number of sulfonamides is 1. The molecule has 0 aliphatic carbocycles. The minimum absolute atomic E-state index is 0.106. The van der Waals surface area contributed by atoms with Crippen LogP contribution in [0.25, 0.3) is 33.6 Å². The lowest BCUT2D eigenvalue weighted by molar-refractivity contribution is 0.0964. The maximum absolute atomic E-state index is 14.9. The molecule has 230 valence electrons. The maximum Gasteiger partial charge on any atom is 0.255 e.